The zero-order valence-corrected chi connectivity index (χ0v) is 13.6. The van der Waals surface area contributed by atoms with E-state index in [1.807, 2.05) is 33.2 Å². The first-order valence-electron chi connectivity index (χ1n) is 7.02. The molecule has 0 radical (unpaired) electrons. The molecule has 0 aliphatic heterocycles. The number of nitrogens with two attached hydrogens (primary N) is 1. The van der Waals surface area contributed by atoms with Crippen LogP contribution in [0.2, 0.25) is 0 Å². The lowest BCUT2D eigenvalue weighted by molar-refractivity contribution is 0.0919. The molecule has 0 aliphatic rings. The first kappa shape index (κ1) is 17.2. The van der Waals surface area contributed by atoms with Crippen molar-refractivity contribution < 1.29 is 4.79 Å². The summed E-state index contributed by atoms with van der Waals surface area (Å²) in [6.07, 6.45) is 0. The number of carbonyl (C=O) groups is 1. The Bertz CT molecular complexity index is 565. The fourth-order valence-electron chi connectivity index (χ4n) is 1.70. The lowest BCUT2D eigenvalue weighted by atomic mass is 10.0. The molecular formula is C17H25N3O. The molecule has 0 fully saturated rings. The summed E-state index contributed by atoms with van der Waals surface area (Å²) < 4.78 is 0. The van der Waals surface area contributed by atoms with Gasteiger partial charge in [-0.3, -0.25) is 4.79 Å². The third-order valence-corrected chi connectivity index (χ3v) is 3.57. The summed E-state index contributed by atoms with van der Waals surface area (Å²) >= 11 is 0. The predicted octanol–water partition coefficient (Wildman–Crippen LogP) is 1.38. The van der Waals surface area contributed by atoms with Gasteiger partial charge < -0.3 is 16.0 Å². The second-order valence-corrected chi connectivity index (χ2v) is 5.98. The maximum Gasteiger partial charge on any atom is 0.251 e. The van der Waals surface area contributed by atoms with Gasteiger partial charge in [-0.05, 0) is 58.6 Å². The molecule has 4 heteroatoms. The summed E-state index contributed by atoms with van der Waals surface area (Å²) in [7, 11) is 4.00. The van der Waals surface area contributed by atoms with Gasteiger partial charge in [0.1, 0.15) is 0 Å². The maximum absolute atomic E-state index is 12.3. The number of likely N-dealkylation sites (N-methyl/N-ethyl adjacent to an activating group) is 1. The number of amides is 1. The van der Waals surface area contributed by atoms with Crippen LogP contribution in [0.15, 0.2) is 18.2 Å². The first-order valence-corrected chi connectivity index (χ1v) is 7.02. The maximum atomic E-state index is 12.3. The average Bonchev–Trinajstić information content (AvgIpc) is 2.41. The fourth-order valence-corrected chi connectivity index (χ4v) is 1.70. The molecular weight excluding hydrogens is 262 g/mol. The number of aryl methyl sites for hydroxylation is 1. The summed E-state index contributed by atoms with van der Waals surface area (Å²) in [5, 5.41) is 2.98. The smallest absolute Gasteiger partial charge is 0.251 e. The van der Waals surface area contributed by atoms with E-state index < -0.39 is 0 Å². The third kappa shape index (κ3) is 5.22. The molecule has 0 spiro atoms. The van der Waals surface area contributed by atoms with Gasteiger partial charge in [0, 0.05) is 23.2 Å². The van der Waals surface area contributed by atoms with E-state index in [0.717, 1.165) is 11.1 Å². The Balaban J connectivity index is 2.86. The minimum atomic E-state index is -0.0956. The summed E-state index contributed by atoms with van der Waals surface area (Å²) in [6, 6.07) is 5.61. The second-order valence-electron chi connectivity index (χ2n) is 5.98. The van der Waals surface area contributed by atoms with E-state index in [-0.39, 0.29) is 11.4 Å². The Morgan fingerprint density at radius 1 is 1.33 bits per heavy atom. The summed E-state index contributed by atoms with van der Waals surface area (Å²) in [5.41, 5.74) is 7.74. The van der Waals surface area contributed by atoms with Crippen LogP contribution >= 0.6 is 0 Å². The minimum absolute atomic E-state index is 0.0792. The molecule has 21 heavy (non-hydrogen) atoms. The van der Waals surface area contributed by atoms with Crippen LogP contribution < -0.4 is 11.1 Å². The highest BCUT2D eigenvalue weighted by molar-refractivity contribution is 5.94. The topological polar surface area (TPSA) is 58.4 Å². The largest absolute Gasteiger partial charge is 0.350 e. The zero-order chi connectivity index (χ0) is 16.0. The highest BCUT2D eigenvalue weighted by atomic mass is 16.1. The number of nitrogens with one attached hydrogen (secondary N) is 1. The highest BCUT2D eigenvalue weighted by Gasteiger charge is 2.21. The molecule has 1 aromatic carbocycles. The number of rotatable bonds is 4. The van der Waals surface area contributed by atoms with Crippen LogP contribution in [0.3, 0.4) is 0 Å². The standard InChI is InChI=1S/C17H25N3O/c1-13-9-14(7-6-8-18)11-15(10-13)16(21)19-12-17(2,3)20(4)5/h9-11H,8,12,18H2,1-5H3,(H,19,21). The molecule has 1 aromatic rings. The van der Waals surface area contributed by atoms with Crippen LogP contribution in [-0.4, -0.2) is 43.5 Å². The molecule has 0 bridgehead atoms. The monoisotopic (exact) mass is 287 g/mol. The Hall–Kier alpha value is -1.83. The normalized spacial score (nSPS) is 11.0. The Kier molecular flexibility index (Phi) is 5.95. The van der Waals surface area contributed by atoms with E-state index in [0.29, 0.717) is 18.7 Å². The SMILES string of the molecule is Cc1cc(C#CCN)cc(C(=O)NCC(C)(C)N(C)C)c1. The van der Waals surface area contributed by atoms with E-state index in [1.165, 1.54) is 0 Å². The molecule has 4 nitrogen and oxygen atoms in total. The van der Waals surface area contributed by atoms with Crippen molar-refractivity contribution in [1.82, 2.24) is 10.2 Å². The van der Waals surface area contributed by atoms with Crippen molar-refractivity contribution in [3.63, 3.8) is 0 Å². The molecule has 0 aromatic heterocycles. The van der Waals surface area contributed by atoms with Crippen LogP contribution in [0.1, 0.15) is 35.3 Å². The average molecular weight is 287 g/mol. The van der Waals surface area contributed by atoms with Crippen molar-refractivity contribution in [2.75, 3.05) is 27.2 Å². The summed E-state index contributed by atoms with van der Waals surface area (Å²) in [5.74, 6) is 5.70. The van der Waals surface area contributed by atoms with Gasteiger partial charge in [0.05, 0.1) is 6.54 Å². The number of nitrogens with zero attached hydrogens (tertiary/aromatic N) is 1. The number of hydrogen-bond donors (Lipinski definition) is 2. The van der Waals surface area contributed by atoms with Crippen LogP contribution in [0.4, 0.5) is 0 Å². The van der Waals surface area contributed by atoms with E-state index in [9.17, 15) is 4.79 Å². The minimum Gasteiger partial charge on any atom is -0.350 e. The van der Waals surface area contributed by atoms with Crippen molar-refractivity contribution in [3.8, 4) is 11.8 Å². The van der Waals surface area contributed by atoms with Crippen LogP contribution in [0, 0.1) is 18.8 Å². The zero-order valence-electron chi connectivity index (χ0n) is 13.6. The Labute approximate surface area is 127 Å². The molecule has 0 saturated heterocycles. The highest BCUT2D eigenvalue weighted by Crippen LogP contribution is 2.11. The van der Waals surface area contributed by atoms with Crippen molar-refractivity contribution in [3.05, 3.63) is 34.9 Å². The van der Waals surface area contributed by atoms with Gasteiger partial charge in [0.2, 0.25) is 0 Å². The van der Waals surface area contributed by atoms with Gasteiger partial charge in [0.15, 0.2) is 0 Å². The van der Waals surface area contributed by atoms with Gasteiger partial charge >= 0.3 is 0 Å². The molecule has 0 heterocycles. The first-order chi connectivity index (χ1) is 9.76. The molecule has 0 atom stereocenters. The molecule has 1 rings (SSSR count). The van der Waals surface area contributed by atoms with E-state index in [2.05, 4.69) is 35.9 Å². The van der Waals surface area contributed by atoms with Crippen molar-refractivity contribution >= 4 is 5.91 Å². The van der Waals surface area contributed by atoms with E-state index in [4.69, 9.17) is 5.73 Å². The number of benzene rings is 1. The van der Waals surface area contributed by atoms with Gasteiger partial charge in [-0.1, -0.05) is 11.8 Å². The lowest BCUT2D eigenvalue weighted by Gasteiger charge is -2.32. The van der Waals surface area contributed by atoms with E-state index in [1.54, 1.807) is 6.07 Å². The van der Waals surface area contributed by atoms with E-state index >= 15 is 0 Å². The third-order valence-electron chi connectivity index (χ3n) is 3.57. The summed E-state index contributed by atoms with van der Waals surface area (Å²) in [6.45, 7) is 7.01. The van der Waals surface area contributed by atoms with Crippen LogP contribution in [0.25, 0.3) is 0 Å². The molecule has 0 saturated carbocycles. The summed E-state index contributed by atoms with van der Waals surface area (Å²) in [4.78, 5) is 14.4. The predicted molar refractivity (Wildman–Crippen MR) is 87.2 cm³/mol. The van der Waals surface area contributed by atoms with Gasteiger partial charge in [-0.15, -0.1) is 0 Å². The molecule has 0 unspecified atom stereocenters. The number of hydrogen-bond acceptors (Lipinski definition) is 3. The van der Waals surface area contributed by atoms with Crippen LogP contribution in [-0.2, 0) is 0 Å². The second kappa shape index (κ2) is 7.26. The van der Waals surface area contributed by atoms with Crippen LogP contribution in [0.5, 0.6) is 0 Å². The quantitative estimate of drug-likeness (QED) is 0.823. The fraction of sp³-hybridized carbons (Fsp3) is 0.471. The Morgan fingerprint density at radius 3 is 2.57 bits per heavy atom. The van der Waals surface area contributed by atoms with Gasteiger partial charge in [0.25, 0.3) is 5.91 Å². The van der Waals surface area contributed by atoms with Crippen molar-refractivity contribution in [2.24, 2.45) is 5.73 Å². The number of carbonyl (C=O) groups excluding carboxylic acids is 1. The van der Waals surface area contributed by atoms with Gasteiger partial charge in [-0.2, -0.15) is 0 Å². The van der Waals surface area contributed by atoms with Crippen molar-refractivity contribution in [1.29, 1.82) is 0 Å². The molecule has 1 amide bonds. The molecule has 3 N–H and O–H groups in total. The molecule has 114 valence electrons. The van der Waals surface area contributed by atoms with Crippen molar-refractivity contribution in [2.45, 2.75) is 26.3 Å². The molecule has 0 aliphatic carbocycles. The van der Waals surface area contributed by atoms with Gasteiger partial charge in [-0.25, -0.2) is 0 Å². The Morgan fingerprint density at radius 2 is 2.00 bits per heavy atom. The lowest BCUT2D eigenvalue weighted by Crippen LogP contribution is -2.48.